The number of anilines is 1. The monoisotopic (exact) mass is 361 g/mol. The lowest BCUT2D eigenvalue weighted by molar-refractivity contribution is 0.250. The van der Waals surface area contributed by atoms with Gasteiger partial charge in [-0.25, -0.2) is 13.2 Å². The van der Waals surface area contributed by atoms with Gasteiger partial charge in [0.15, 0.2) is 0 Å². The highest BCUT2D eigenvalue weighted by atomic mass is 32.2. The molecule has 2 aromatic rings. The average Bonchev–Trinajstić information content (AvgIpc) is 3.15. The van der Waals surface area contributed by atoms with Crippen LogP contribution in [-0.2, 0) is 9.84 Å². The Hall–Kier alpha value is -2.49. The molecule has 2 heterocycles. The van der Waals surface area contributed by atoms with Crippen molar-refractivity contribution in [1.29, 1.82) is 0 Å². The van der Waals surface area contributed by atoms with Crippen LogP contribution < -0.4 is 21.5 Å². The van der Waals surface area contributed by atoms with Crippen molar-refractivity contribution < 1.29 is 13.2 Å². The molecule has 132 valence electrons. The summed E-state index contributed by atoms with van der Waals surface area (Å²) in [5, 5.41) is 5.48. The molecule has 1 fully saturated rings. The van der Waals surface area contributed by atoms with E-state index in [0.717, 1.165) is 13.1 Å². The van der Waals surface area contributed by atoms with Crippen LogP contribution in [0.4, 0.5) is 10.5 Å². The summed E-state index contributed by atoms with van der Waals surface area (Å²) >= 11 is 0. The zero-order valence-corrected chi connectivity index (χ0v) is 14.2. The molecule has 1 aliphatic heterocycles. The molecule has 0 atom stereocenters. The summed E-state index contributed by atoms with van der Waals surface area (Å²) in [6, 6.07) is 8.63. The number of rotatable bonds is 5. The van der Waals surface area contributed by atoms with Crippen molar-refractivity contribution >= 4 is 21.6 Å². The lowest BCUT2D eigenvalue weighted by Crippen LogP contribution is -2.34. The highest BCUT2D eigenvalue weighted by Crippen LogP contribution is 2.21. The minimum absolute atomic E-state index is 0.160. The molecular formula is C16H19N5O3S. The van der Waals surface area contributed by atoms with Crippen molar-refractivity contribution in [2.75, 3.05) is 25.0 Å². The molecular weight excluding hydrogens is 342 g/mol. The summed E-state index contributed by atoms with van der Waals surface area (Å²) in [7, 11) is -3.59. The first kappa shape index (κ1) is 17.3. The third-order valence-corrected chi connectivity index (χ3v) is 5.63. The maximum atomic E-state index is 12.5. The van der Waals surface area contributed by atoms with E-state index < -0.39 is 9.84 Å². The third-order valence-electron chi connectivity index (χ3n) is 3.84. The second-order valence-corrected chi connectivity index (χ2v) is 7.62. The number of carbonyl (C=O) groups excluding carboxylic acids is 1. The van der Waals surface area contributed by atoms with Crippen LogP contribution in [-0.4, -0.2) is 39.1 Å². The number of pyridine rings is 1. The zero-order valence-electron chi connectivity index (χ0n) is 13.4. The third kappa shape index (κ3) is 4.32. The van der Waals surface area contributed by atoms with Crippen LogP contribution in [0.25, 0.3) is 0 Å². The molecule has 1 saturated heterocycles. The van der Waals surface area contributed by atoms with E-state index in [-0.39, 0.29) is 15.8 Å². The number of carbonyl (C=O) groups is 1. The number of amides is 2. The summed E-state index contributed by atoms with van der Waals surface area (Å²) < 4.78 is 25.0. The minimum Gasteiger partial charge on any atom is -0.337 e. The smallest absolute Gasteiger partial charge is 0.319 e. The topological polar surface area (TPSA) is 112 Å². The van der Waals surface area contributed by atoms with Crippen LogP contribution in [0.2, 0.25) is 0 Å². The van der Waals surface area contributed by atoms with E-state index >= 15 is 0 Å². The predicted molar refractivity (Wildman–Crippen MR) is 92.6 cm³/mol. The number of nitrogens with zero attached hydrogens (tertiary/aromatic N) is 1. The number of sulfone groups is 1. The number of benzene rings is 1. The second kappa shape index (κ2) is 7.60. The lowest BCUT2D eigenvalue weighted by atomic mass is 10.2. The van der Waals surface area contributed by atoms with Crippen molar-refractivity contribution in [2.24, 2.45) is 5.92 Å². The predicted octanol–water partition coefficient (Wildman–Crippen LogP) is 0.760. The van der Waals surface area contributed by atoms with Gasteiger partial charge in [-0.05, 0) is 36.4 Å². The maximum absolute atomic E-state index is 12.5. The van der Waals surface area contributed by atoms with E-state index in [2.05, 4.69) is 26.5 Å². The molecule has 2 amide bonds. The van der Waals surface area contributed by atoms with E-state index in [1.165, 1.54) is 36.7 Å². The first-order valence-electron chi connectivity index (χ1n) is 7.81. The summed E-state index contributed by atoms with van der Waals surface area (Å²) in [5.74, 6) is 0.346. The van der Waals surface area contributed by atoms with Gasteiger partial charge in [0.1, 0.15) is 0 Å². The summed E-state index contributed by atoms with van der Waals surface area (Å²) in [4.78, 5) is 16.0. The quantitative estimate of drug-likeness (QED) is 0.626. The van der Waals surface area contributed by atoms with E-state index in [9.17, 15) is 13.2 Å². The maximum Gasteiger partial charge on any atom is 0.319 e. The molecule has 0 radical (unpaired) electrons. The number of aromatic nitrogens is 1. The molecule has 1 aromatic heterocycles. The van der Waals surface area contributed by atoms with Gasteiger partial charge >= 0.3 is 6.03 Å². The molecule has 9 heteroatoms. The largest absolute Gasteiger partial charge is 0.337 e. The molecule has 25 heavy (non-hydrogen) atoms. The Kier molecular flexibility index (Phi) is 5.27. The van der Waals surface area contributed by atoms with Gasteiger partial charge in [-0.3, -0.25) is 15.8 Å². The normalized spacial score (nSPS) is 15.0. The van der Waals surface area contributed by atoms with Gasteiger partial charge in [0.2, 0.25) is 9.84 Å². The Balaban J connectivity index is 1.61. The average molecular weight is 361 g/mol. The fraction of sp³-hybridized carbons (Fsp3) is 0.250. The van der Waals surface area contributed by atoms with E-state index in [1.54, 1.807) is 12.1 Å². The molecule has 0 aliphatic carbocycles. The first-order valence-corrected chi connectivity index (χ1v) is 9.30. The SMILES string of the molecule is O=C(NCC1CNNC1)Nc1ccc(S(=O)(=O)c2ccncc2)cc1. The Morgan fingerprint density at radius 1 is 1.04 bits per heavy atom. The van der Waals surface area contributed by atoms with Gasteiger partial charge in [-0.2, -0.15) is 0 Å². The zero-order chi connectivity index (χ0) is 17.7. The number of nitrogens with one attached hydrogen (secondary N) is 4. The molecule has 0 spiro atoms. The lowest BCUT2D eigenvalue weighted by Gasteiger charge is -2.11. The molecule has 0 saturated carbocycles. The van der Waals surface area contributed by atoms with Crippen molar-refractivity contribution in [3.63, 3.8) is 0 Å². The molecule has 4 N–H and O–H groups in total. The highest BCUT2D eigenvalue weighted by molar-refractivity contribution is 7.91. The van der Waals surface area contributed by atoms with E-state index in [0.29, 0.717) is 18.2 Å². The van der Waals surface area contributed by atoms with Gasteiger partial charge < -0.3 is 10.6 Å². The van der Waals surface area contributed by atoms with Gasteiger partial charge in [0.25, 0.3) is 0 Å². The van der Waals surface area contributed by atoms with Crippen LogP contribution in [0, 0.1) is 5.92 Å². The number of hydrogen-bond donors (Lipinski definition) is 4. The van der Waals surface area contributed by atoms with E-state index in [4.69, 9.17) is 0 Å². The van der Waals surface area contributed by atoms with Crippen molar-refractivity contribution in [2.45, 2.75) is 9.79 Å². The van der Waals surface area contributed by atoms with Crippen LogP contribution in [0.1, 0.15) is 0 Å². The second-order valence-electron chi connectivity index (χ2n) is 5.67. The fourth-order valence-corrected chi connectivity index (χ4v) is 3.68. The molecule has 0 bridgehead atoms. The van der Waals surface area contributed by atoms with Gasteiger partial charge in [0, 0.05) is 43.6 Å². The summed E-state index contributed by atoms with van der Waals surface area (Å²) in [6.45, 7) is 2.17. The molecule has 1 aliphatic rings. The number of urea groups is 1. The molecule has 8 nitrogen and oxygen atoms in total. The van der Waals surface area contributed by atoms with Gasteiger partial charge in [-0.15, -0.1) is 0 Å². The molecule has 0 unspecified atom stereocenters. The molecule has 3 rings (SSSR count). The van der Waals surface area contributed by atoms with Crippen LogP contribution in [0.5, 0.6) is 0 Å². The standard InChI is InChI=1S/C16H19N5O3S/c22-16(18-9-12-10-19-20-11-12)21-13-1-3-14(4-2-13)25(23,24)15-5-7-17-8-6-15/h1-8,12,19-20H,9-11H2,(H2,18,21,22). The Labute approximate surface area is 145 Å². The van der Waals surface area contributed by atoms with Crippen molar-refractivity contribution in [1.82, 2.24) is 21.2 Å². The Bertz CT molecular complexity index is 819. The number of hydrazine groups is 1. The fourth-order valence-electron chi connectivity index (χ4n) is 2.43. The van der Waals surface area contributed by atoms with Crippen LogP contribution in [0.3, 0.4) is 0 Å². The summed E-state index contributed by atoms with van der Waals surface area (Å²) in [6.07, 6.45) is 2.87. The van der Waals surface area contributed by atoms with Crippen LogP contribution in [0.15, 0.2) is 58.6 Å². The summed E-state index contributed by atoms with van der Waals surface area (Å²) in [5.41, 5.74) is 6.52. The first-order chi connectivity index (χ1) is 12.1. The molecule has 1 aromatic carbocycles. The van der Waals surface area contributed by atoms with Gasteiger partial charge in [-0.1, -0.05) is 0 Å². The van der Waals surface area contributed by atoms with Gasteiger partial charge in [0.05, 0.1) is 9.79 Å². The van der Waals surface area contributed by atoms with Crippen LogP contribution >= 0.6 is 0 Å². The number of hydrogen-bond acceptors (Lipinski definition) is 6. The van der Waals surface area contributed by atoms with E-state index in [1.807, 2.05) is 0 Å². The highest BCUT2D eigenvalue weighted by Gasteiger charge is 2.18. The Morgan fingerprint density at radius 2 is 1.64 bits per heavy atom. The van der Waals surface area contributed by atoms with Crippen molar-refractivity contribution in [3.05, 3.63) is 48.8 Å². The Morgan fingerprint density at radius 3 is 2.28 bits per heavy atom. The minimum atomic E-state index is -3.59. The van der Waals surface area contributed by atoms with Crippen molar-refractivity contribution in [3.8, 4) is 0 Å².